The molecule has 2 N–H and O–H groups in total. The molecule has 5 heteroatoms. The first-order chi connectivity index (χ1) is 7.03. The molecule has 1 aromatic carbocycles. The van der Waals surface area contributed by atoms with Crippen molar-refractivity contribution in [3.8, 4) is 0 Å². The molecule has 2 nitrogen and oxygen atoms in total. The molecule has 1 heterocycles. The Hall–Kier alpha value is -1.07. The van der Waals surface area contributed by atoms with Gasteiger partial charge in [-0.3, -0.25) is 0 Å². The van der Waals surface area contributed by atoms with Gasteiger partial charge in [-0.15, -0.1) is 0 Å². The van der Waals surface area contributed by atoms with E-state index in [0.29, 0.717) is 13.0 Å². The lowest BCUT2D eigenvalue weighted by molar-refractivity contribution is 0.0578. The summed E-state index contributed by atoms with van der Waals surface area (Å²) in [7, 11) is 0. The average molecular weight is 217 g/mol. The third kappa shape index (κ3) is 1.72. The molecule has 1 aliphatic rings. The van der Waals surface area contributed by atoms with Crippen molar-refractivity contribution in [2.75, 3.05) is 13.1 Å². The number of rotatable bonds is 1. The monoisotopic (exact) mass is 217 g/mol. The summed E-state index contributed by atoms with van der Waals surface area (Å²) in [6, 6.07) is 1.68. The van der Waals surface area contributed by atoms with Gasteiger partial charge in [0.2, 0.25) is 0 Å². The lowest BCUT2D eigenvalue weighted by Gasteiger charge is -2.21. The standard InChI is InChI=1S/C10H10F3NO/c11-7-3-6(4-8(12)9(7)13)10(15)1-2-14-5-10/h3-4,14-15H,1-2,5H2. The van der Waals surface area contributed by atoms with Crippen LogP contribution in [0.5, 0.6) is 0 Å². The maximum absolute atomic E-state index is 12.9. The van der Waals surface area contributed by atoms with Crippen molar-refractivity contribution in [1.29, 1.82) is 0 Å². The molecule has 1 aromatic rings. The van der Waals surface area contributed by atoms with E-state index in [2.05, 4.69) is 5.32 Å². The zero-order valence-corrected chi connectivity index (χ0v) is 7.86. The highest BCUT2D eigenvalue weighted by molar-refractivity contribution is 5.26. The van der Waals surface area contributed by atoms with E-state index in [1.807, 2.05) is 0 Å². The Morgan fingerprint density at radius 1 is 1.20 bits per heavy atom. The molecule has 0 bridgehead atoms. The molecule has 1 unspecified atom stereocenters. The molecular formula is C10H10F3NO. The second kappa shape index (κ2) is 3.50. The summed E-state index contributed by atoms with van der Waals surface area (Å²) in [6.45, 7) is 0.786. The van der Waals surface area contributed by atoms with Crippen LogP contribution in [0.3, 0.4) is 0 Å². The summed E-state index contributed by atoms with van der Waals surface area (Å²) in [5.41, 5.74) is -1.22. The van der Waals surface area contributed by atoms with Gasteiger partial charge in [-0.1, -0.05) is 0 Å². The largest absolute Gasteiger partial charge is 0.384 e. The van der Waals surface area contributed by atoms with Crippen molar-refractivity contribution < 1.29 is 18.3 Å². The predicted molar refractivity (Wildman–Crippen MR) is 47.7 cm³/mol. The smallest absolute Gasteiger partial charge is 0.194 e. The molecule has 2 rings (SSSR count). The quantitative estimate of drug-likeness (QED) is 0.694. The van der Waals surface area contributed by atoms with Gasteiger partial charge in [0.1, 0.15) is 5.60 Å². The minimum absolute atomic E-state index is 0.0731. The summed E-state index contributed by atoms with van der Waals surface area (Å²) >= 11 is 0. The van der Waals surface area contributed by atoms with Gasteiger partial charge in [0.15, 0.2) is 17.5 Å². The molecule has 1 aliphatic heterocycles. The summed E-state index contributed by atoms with van der Waals surface area (Å²) in [4.78, 5) is 0. The van der Waals surface area contributed by atoms with E-state index in [4.69, 9.17) is 0 Å². The number of halogens is 3. The van der Waals surface area contributed by atoms with Gasteiger partial charge < -0.3 is 10.4 Å². The number of β-amino-alcohol motifs (C(OH)–C–C–N with tert-alkyl or cyclic N) is 1. The fraction of sp³-hybridized carbons (Fsp3) is 0.400. The van der Waals surface area contributed by atoms with Crippen LogP contribution in [-0.4, -0.2) is 18.2 Å². The van der Waals surface area contributed by atoms with Gasteiger partial charge >= 0.3 is 0 Å². The number of benzene rings is 1. The van der Waals surface area contributed by atoms with Gasteiger partial charge in [0, 0.05) is 6.54 Å². The number of hydrogen-bond acceptors (Lipinski definition) is 2. The van der Waals surface area contributed by atoms with Gasteiger partial charge in [-0.25, -0.2) is 13.2 Å². The van der Waals surface area contributed by atoms with Gasteiger partial charge in [-0.2, -0.15) is 0 Å². The zero-order valence-electron chi connectivity index (χ0n) is 7.86. The van der Waals surface area contributed by atoms with Crippen LogP contribution in [0.25, 0.3) is 0 Å². The molecule has 0 saturated carbocycles. The molecule has 0 spiro atoms. The van der Waals surface area contributed by atoms with Crippen LogP contribution in [0.1, 0.15) is 12.0 Å². The average Bonchev–Trinajstić information content (AvgIpc) is 2.62. The van der Waals surface area contributed by atoms with Crippen LogP contribution in [-0.2, 0) is 5.60 Å². The van der Waals surface area contributed by atoms with Crippen LogP contribution in [0.15, 0.2) is 12.1 Å². The molecule has 0 aromatic heterocycles. The SMILES string of the molecule is OC1(c2cc(F)c(F)c(F)c2)CCNC1. The van der Waals surface area contributed by atoms with Gasteiger partial charge in [0.25, 0.3) is 0 Å². The molecule has 1 saturated heterocycles. The minimum atomic E-state index is -1.51. The van der Waals surface area contributed by atoms with Crippen molar-refractivity contribution >= 4 is 0 Å². The highest BCUT2D eigenvalue weighted by Gasteiger charge is 2.34. The van der Waals surface area contributed by atoms with E-state index in [9.17, 15) is 18.3 Å². The van der Waals surface area contributed by atoms with Gasteiger partial charge in [0.05, 0.1) is 0 Å². The summed E-state index contributed by atoms with van der Waals surface area (Å²) in [5, 5.41) is 12.9. The predicted octanol–water partition coefficient (Wildman–Crippen LogP) is 1.28. The van der Waals surface area contributed by atoms with Crippen LogP contribution in [0.4, 0.5) is 13.2 Å². The molecule has 15 heavy (non-hydrogen) atoms. The Balaban J connectivity index is 2.45. The van der Waals surface area contributed by atoms with Crippen LogP contribution in [0, 0.1) is 17.5 Å². The lowest BCUT2D eigenvalue weighted by atomic mass is 9.93. The third-order valence-electron chi connectivity index (χ3n) is 2.65. The Bertz CT molecular complexity index is 365. The maximum Gasteiger partial charge on any atom is 0.194 e. The van der Waals surface area contributed by atoms with Crippen LogP contribution >= 0.6 is 0 Å². The fourth-order valence-corrected chi connectivity index (χ4v) is 1.75. The molecular weight excluding hydrogens is 207 g/mol. The topological polar surface area (TPSA) is 32.3 Å². The second-order valence-corrected chi connectivity index (χ2v) is 3.71. The van der Waals surface area contributed by atoms with E-state index < -0.39 is 23.1 Å². The Labute approximate surface area is 84.7 Å². The first-order valence-corrected chi connectivity index (χ1v) is 4.61. The number of aliphatic hydroxyl groups is 1. The van der Waals surface area contributed by atoms with Crippen molar-refractivity contribution in [1.82, 2.24) is 5.32 Å². The molecule has 0 aliphatic carbocycles. The molecule has 1 fully saturated rings. The Morgan fingerprint density at radius 2 is 1.80 bits per heavy atom. The van der Waals surface area contributed by atoms with Crippen molar-refractivity contribution in [3.63, 3.8) is 0 Å². The maximum atomic E-state index is 12.9. The zero-order chi connectivity index (χ0) is 11.1. The molecule has 82 valence electrons. The highest BCUT2D eigenvalue weighted by atomic mass is 19.2. The fourth-order valence-electron chi connectivity index (χ4n) is 1.75. The highest BCUT2D eigenvalue weighted by Crippen LogP contribution is 2.29. The molecule has 0 amide bonds. The second-order valence-electron chi connectivity index (χ2n) is 3.71. The summed E-state index contributed by atoms with van der Waals surface area (Å²) < 4.78 is 38.5. The Morgan fingerprint density at radius 3 is 2.27 bits per heavy atom. The van der Waals surface area contributed by atoms with Gasteiger partial charge in [-0.05, 0) is 30.7 Å². The van der Waals surface area contributed by atoms with E-state index in [1.165, 1.54) is 0 Å². The molecule has 1 atom stereocenters. The Kier molecular flexibility index (Phi) is 2.44. The van der Waals surface area contributed by atoms with E-state index in [1.54, 1.807) is 0 Å². The van der Waals surface area contributed by atoms with Crippen LogP contribution in [0.2, 0.25) is 0 Å². The number of nitrogens with one attached hydrogen (secondary N) is 1. The third-order valence-corrected chi connectivity index (χ3v) is 2.65. The number of hydrogen-bond donors (Lipinski definition) is 2. The summed E-state index contributed by atoms with van der Waals surface area (Å²) in [5.74, 6) is -4.05. The molecule has 0 radical (unpaired) electrons. The summed E-state index contributed by atoms with van der Waals surface area (Å²) in [6.07, 6.45) is 0.359. The van der Waals surface area contributed by atoms with Crippen LogP contribution < -0.4 is 5.32 Å². The minimum Gasteiger partial charge on any atom is -0.384 e. The van der Waals surface area contributed by atoms with Crippen molar-refractivity contribution in [3.05, 3.63) is 35.1 Å². The first-order valence-electron chi connectivity index (χ1n) is 4.61. The lowest BCUT2D eigenvalue weighted by Crippen LogP contribution is -2.28. The van der Waals surface area contributed by atoms with E-state index >= 15 is 0 Å². The van der Waals surface area contributed by atoms with E-state index in [-0.39, 0.29) is 12.1 Å². The van der Waals surface area contributed by atoms with Crippen molar-refractivity contribution in [2.45, 2.75) is 12.0 Å². The normalized spacial score (nSPS) is 25.9. The van der Waals surface area contributed by atoms with Crippen molar-refractivity contribution in [2.24, 2.45) is 0 Å². The first kappa shape index (κ1) is 10.4. The van der Waals surface area contributed by atoms with E-state index in [0.717, 1.165) is 12.1 Å².